The molecule has 0 fully saturated rings. The SMILES string of the molecule is Cc1ccc(C(C)C)c(C(=O)C(F)(F)F)c1O. The number of alkyl halides is 3. The van der Waals surface area contributed by atoms with Crippen LogP contribution in [0.3, 0.4) is 0 Å². The third-order valence-electron chi connectivity index (χ3n) is 2.52. The molecule has 1 aromatic carbocycles. The molecule has 0 saturated heterocycles. The second-order valence-corrected chi connectivity index (χ2v) is 4.18. The lowest BCUT2D eigenvalue weighted by Gasteiger charge is -2.16. The molecule has 0 radical (unpaired) electrons. The molecule has 0 unspecified atom stereocenters. The second-order valence-electron chi connectivity index (χ2n) is 4.18. The summed E-state index contributed by atoms with van der Waals surface area (Å²) in [6, 6.07) is 2.94. The molecule has 1 rings (SSSR count). The van der Waals surface area contributed by atoms with Crippen LogP contribution in [-0.4, -0.2) is 17.1 Å². The molecule has 0 atom stereocenters. The van der Waals surface area contributed by atoms with Gasteiger partial charge < -0.3 is 5.11 Å². The van der Waals surface area contributed by atoms with Crippen LogP contribution in [-0.2, 0) is 0 Å². The minimum atomic E-state index is -4.98. The largest absolute Gasteiger partial charge is 0.507 e. The van der Waals surface area contributed by atoms with Gasteiger partial charge in [-0.05, 0) is 24.0 Å². The molecule has 2 nitrogen and oxygen atoms in total. The zero-order valence-corrected chi connectivity index (χ0v) is 9.72. The Morgan fingerprint density at radius 1 is 1.29 bits per heavy atom. The van der Waals surface area contributed by atoms with Crippen LogP contribution in [0.1, 0.15) is 41.3 Å². The Bertz CT molecular complexity index is 448. The average Bonchev–Trinajstić information content (AvgIpc) is 2.19. The first-order valence-corrected chi connectivity index (χ1v) is 5.10. The molecule has 0 aromatic heterocycles. The molecular weight excluding hydrogens is 233 g/mol. The van der Waals surface area contributed by atoms with E-state index >= 15 is 0 Å². The maximum atomic E-state index is 12.4. The minimum Gasteiger partial charge on any atom is -0.507 e. The maximum Gasteiger partial charge on any atom is 0.455 e. The van der Waals surface area contributed by atoms with Crippen LogP contribution in [0.2, 0.25) is 0 Å². The molecule has 0 heterocycles. The lowest BCUT2D eigenvalue weighted by Crippen LogP contribution is -2.24. The number of phenolic OH excluding ortho intramolecular Hbond substituents is 1. The van der Waals surface area contributed by atoms with Crippen LogP contribution >= 0.6 is 0 Å². The molecule has 0 bridgehead atoms. The highest BCUT2D eigenvalue weighted by Crippen LogP contribution is 2.34. The third-order valence-corrected chi connectivity index (χ3v) is 2.52. The number of Topliss-reactive ketones (excluding diaryl/α,β-unsaturated/α-hetero) is 1. The van der Waals surface area contributed by atoms with E-state index in [0.717, 1.165) is 0 Å². The molecule has 0 aliphatic carbocycles. The maximum absolute atomic E-state index is 12.4. The van der Waals surface area contributed by atoms with E-state index in [9.17, 15) is 23.1 Å². The minimum absolute atomic E-state index is 0.204. The molecule has 1 N–H and O–H groups in total. The molecule has 0 aliphatic rings. The summed E-state index contributed by atoms with van der Waals surface area (Å²) >= 11 is 0. The van der Waals surface area contributed by atoms with Gasteiger partial charge in [-0.1, -0.05) is 26.0 Å². The number of carbonyl (C=O) groups is 1. The summed E-state index contributed by atoms with van der Waals surface area (Å²) in [5, 5.41) is 9.64. The highest BCUT2D eigenvalue weighted by molar-refractivity contribution is 6.04. The third kappa shape index (κ3) is 2.60. The van der Waals surface area contributed by atoms with Gasteiger partial charge in [-0.3, -0.25) is 4.79 Å². The van der Waals surface area contributed by atoms with Crippen LogP contribution < -0.4 is 0 Å². The second kappa shape index (κ2) is 4.39. The van der Waals surface area contributed by atoms with Gasteiger partial charge in [0.15, 0.2) is 0 Å². The molecule has 0 aliphatic heterocycles. The van der Waals surface area contributed by atoms with Crippen molar-refractivity contribution in [3.63, 3.8) is 0 Å². The monoisotopic (exact) mass is 246 g/mol. The van der Waals surface area contributed by atoms with Gasteiger partial charge in [-0.2, -0.15) is 13.2 Å². The molecule has 1 aromatic rings. The highest BCUT2D eigenvalue weighted by atomic mass is 19.4. The van der Waals surface area contributed by atoms with Gasteiger partial charge in [0.2, 0.25) is 0 Å². The number of hydrogen-bond acceptors (Lipinski definition) is 2. The van der Waals surface area contributed by atoms with Gasteiger partial charge in [0.1, 0.15) is 5.75 Å². The Labute approximate surface area is 97.1 Å². The van der Waals surface area contributed by atoms with Gasteiger partial charge in [-0.15, -0.1) is 0 Å². The number of aryl methyl sites for hydroxylation is 1. The van der Waals surface area contributed by atoms with E-state index in [1.165, 1.54) is 19.1 Å². The van der Waals surface area contributed by atoms with E-state index in [4.69, 9.17) is 0 Å². The van der Waals surface area contributed by atoms with E-state index < -0.39 is 23.3 Å². The number of hydrogen-bond donors (Lipinski definition) is 1. The van der Waals surface area contributed by atoms with Crippen LogP contribution in [0.4, 0.5) is 13.2 Å². The van der Waals surface area contributed by atoms with Crippen molar-refractivity contribution in [1.82, 2.24) is 0 Å². The predicted octanol–water partition coefficient (Wildman–Crippen LogP) is 3.57. The van der Waals surface area contributed by atoms with Crippen molar-refractivity contribution in [3.05, 3.63) is 28.8 Å². The van der Waals surface area contributed by atoms with Crippen LogP contribution in [0, 0.1) is 6.92 Å². The summed E-state index contributed by atoms with van der Waals surface area (Å²) in [6.45, 7) is 4.78. The fourth-order valence-corrected chi connectivity index (χ4v) is 1.57. The Hall–Kier alpha value is -1.52. The van der Waals surface area contributed by atoms with Gasteiger partial charge in [0.25, 0.3) is 5.78 Å². The van der Waals surface area contributed by atoms with Crippen molar-refractivity contribution >= 4 is 5.78 Å². The molecule has 0 amide bonds. The number of carbonyl (C=O) groups excluding carboxylic acids is 1. The molecule has 94 valence electrons. The first kappa shape index (κ1) is 13.5. The van der Waals surface area contributed by atoms with E-state index in [1.54, 1.807) is 13.8 Å². The molecule has 17 heavy (non-hydrogen) atoms. The Morgan fingerprint density at radius 2 is 1.82 bits per heavy atom. The molecule has 0 saturated carbocycles. The Kier molecular flexibility index (Phi) is 3.50. The summed E-state index contributed by atoms with van der Waals surface area (Å²) in [7, 11) is 0. The summed E-state index contributed by atoms with van der Waals surface area (Å²) < 4.78 is 37.3. The van der Waals surface area contributed by atoms with Crippen LogP contribution in [0.25, 0.3) is 0 Å². The van der Waals surface area contributed by atoms with E-state index in [2.05, 4.69) is 0 Å². The molecule has 5 heteroatoms. The van der Waals surface area contributed by atoms with Gasteiger partial charge in [-0.25, -0.2) is 0 Å². The summed E-state index contributed by atoms with van der Waals surface area (Å²) in [5.74, 6) is -2.86. The van der Waals surface area contributed by atoms with Gasteiger partial charge >= 0.3 is 6.18 Å². The summed E-state index contributed by atoms with van der Waals surface area (Å²) in [5.41, 5.74) is -0.176. The number of phenols is 1. The Morgan fingerprint density at radius 3 is 2.24 bits per heavy atom. The first-order chi connectivity index (χ1) is 7.66. The molecular formula is C12H13F3O2. The van der Waals surface area contributed by atoms with Crippen molar-refractivity contribution in [2.45, 2.75) is 32.9 Å². The van der Waals surface area contributed by atoms with Crippen molar-refractivity contribution in [3.8, 4) is 5.75 Å². The molecule has 0 spiro atoms. The first-order valence-electron chi connectivity index (χ1n) is 5.10. The van der Waals surface area contributed by atoms with Crippen molar-refractivity contribution in [1.29, 1.82) is 0 Å². The van der Waals surface area contributed by atoms with E-state index in [0.29, 0.717) is 0 Å². The normalized spacial score (nSPS) is 11.9. The zero-order valence-electron chi connectivity index (χ0n) is 9.72. The topological polar surface area (TPSA) is 37.3 Å². The standard InChI is InChI=1S/C12H13F3O2/c1-6(2)8-5-4-7(3)10(16)9(8)11(17)12(13,14)15/h4-6,16H,1-3H3. The van der Waals surface area contributed by atoms with Crippen molar-refractivity contribution in [2.75, 3.05) is 0 Å². The highest BCUT2D eigenvalue weighted by Gasteiger charge is 2.42. The summed E-state index contributed by atoms with van der Waals surface area (Å²) in [4.78, 5) is 11.3. The number of benzene rings is 1. The number of ketones is 1. The van der Waals surface area contributed by atoms with E-state index in [-0.39, 0.29) is 17.0 Å². The predicted molar refractivity (Wildman–Crippen MR) is 57.3 cm³/mol. The van der Waals surface area contributed by atoms with Gasteiger partial charge in [0.05, 0.1) is 5.56 Å². The van der Waals surface area contributed by atoms with Crippen LogP contribution in [0.5, 0.6) is 5.75 Å². The fraction of sp³-hybridized carbons (Fsp3) is 0.417. The summed E-state index contributed by atoms with van der Waals surface area (Å²) in [6.07, 6.45) is -4.98. The number of aromatic hydroxyl groups is 1. The average molecular weight is 246 g/mol. The lowest BCUT2D eigenvalue weighted by molar-refractivity contribution is -0.0887. The van der Waals surface area contributed by atoms with Crippen molar-refractivity contribution < 1.29 is 23.1 Å². The number of rotatable bonds is 2. The quantitative estimate of drug-likeness (QED) is 0.810. The number of halogens is 3. The van der Waals surface area contributed by atoms with Gasteiger partial charge in [0, 0.05) is 0 Å². The zero-order chi connectivity index (χ0) is 13.4. The Balaban J connectivity index is 3.49. The van der Waals surface area contributed by atoms with E-state index in [1.807, 2.05) is 0 Å². The smallest absolute Gasteiger partial charge is 0.455 e. The fourth-order valence-electron chi connectivity index (χ4n) is 1.57. The lowest BCUT2D eigenvalue weighted by atomic mass is 9.92. The van der Waals surface area contributed by atoms with Crippen molar-refractivity contribution in [2.24, 2.45) is 0 Å². The van der Waals surface area contributed by atoms with Crippen LogP contribution in [0.15, 0.2) is 12.1 Å².